The Balaban J connectivity index is 1.68. The number of anilines is 1. The van der Waals surface area contributed by atoms with E-state index >= 15 is 0 Å². The van der Waals surface area contributed by atoms with E-state index in [0.717, 1.165) is 23.0 Å². The fraction of sp³-hybridized carbons (Fsp3) is 0.158. The third-order valence-electron chi connectivity index (χ3n) is 4.02. The summed E-state index contributed by atoms with van der Waals surface area (Å²) in [5, 5.41) is 3.11. The lowest BCUT2D eigenvalue weighted by molar-refractivity contribution is -0.137. The number of nitrogens with one attached hydrogen (secondary N) is 2. The average Bonchev–Trinajstić information content (AvgIpc) is 3.04. The van der Waals surface area contributed by atoms with Crippen molar-refractivity contribution in [2.75, 3.05) is 18.9 Å². The second kappa shape index (κ2) is 7.14. The monoisotopic (exact) mass is 375 g/mol. The zero-order chi connectivity index (χ0) is 19.6. The van der Waals surface area contributed by atoms with E-state index in [-0.39, 0.29) is 18.1 Å². The number of benzene rings is 2. The molecule has 8 heteroatoms. The van der Waals surface area contributed by atoms with Crippen molar-refractivity contribution in [3.63, 3.8) is 0 Å². The molecule has 2 aromatic carbocycles. The Labute approximate surface area is 152 Å². The minimum Gasteiger partial charge on any atom is -0.360 e. The van der Waals surface area contributed by atoms with E-state index in [1.54, 1.807) is 18.3 Å². The SMILES string of the molecule is CN(CC(=O)Nc1cccc(C(F)(F)F)c1)C(=O)c1c[nH]c2ccccc12. The van der Waals surface area contributed by atoms with Gasteiger partial charge in [-0.1, -0.05) is 24.3 Å². The van der Waals surface area contributed by atoms with E-state index in [4.69, 9.17) is 0 Å². The second-order valence-corrected chi connectivity index (χ2v) is 6.04. The first kappa shape index (κ1) is 18.5. The van der Waals surface area contributed by atoms with Crippen LogP contribution in [0.1, 0.15) is 15.9 Å². The Hall–Kier alpha value is -3.29. The largest absolute Gasteiger partial charge is 0.416 e. The first-order valence-corrected chi connectivity index (χ1v) is 8.04. The maximum absolute atomic E-state index is 12.7. The predicted molar refractivity (Wildman–Crippen MR) is 95.3 cm³/mol. The Morgan fingerprint density at radius 2 is 1.85 bits per heavy atom. The summed E-state index contributed by atoms with van der Waals surface area (Å²) < 4.78 is 38.2. The van der Waals surface area contributed by atoms with Gasteiger partial charge in [-0.2, -0.15) is 13.2 Å². The maximum Gasteiger partial charge on any atom is 0.416 e. The molecule has 0 aliphatic heterocycles. The van der Waals surface area contributed by atoms with Crippen molar-refractivity contribution in [1.82, 2.24) is 9.88 Å². The summed E-state index contributed by atoms with van der Waals surface area (Å²) in [5.74, 6) is -0.961. The molecule has 0 atom stereocenters. The number of hydrogen-bond acceptors (Lipinski definition) is 2. The predicted octanol–water partition coefficient (Wildman–Crippen LogP) is 3.90. The van der Waals surface area contributed by atoms with Crippen LogP contribution in [0.2, 0.25) is 0 Å². The molecular weight excluding hydrogens is 359 g/mol. The first-order chi connectivity index (χ1) is 12.8. The van der Waals surface area contributed by atoms with Crippen molar-refractivity contribution < 1.29 is 22.8 Å². The number of aromatic amines is 1. The summed E-state index contributed by atoms with van der Waals surface area (Å²) in [4.78, 5) is 28.9. The highest BCUT2D eigenvalue weighted by molar-refractivity contribution is 6.08. The number of nitrogens with zero attached hydrogens (tertiary/aromatic N) is 1. The van der Waals surface area contributed by atoms with Crippen molar-refractivity contribution in [3.8, 4) is 0 Å². The van der Waals surface area contributed by atoms with Gasteiger partial charge in [0.15, 0.2) is 0 Å². The maximum atomic E-state index is 12.7. The number of para-hydroxylation sites is 1. The lowest BCUT2D eigenvalue weighted by Crippen LogP contribution is -2.34. The van der Waals surface area contributed by atoms with Gasteiger partial charge in [-0.15, -0.1) is 0 Å². The quantitative estimate of drug-likeness (QED) is 0.726. The van der Waals surface area contributed by atoms with Crippen molar-refractivity contribution >= 4 is 28.4 Å². The lowest BCUT2D eigenvalue weighted by atomic mass is 10.1. The molecule has 0 bridgehead atoms. The number of H-pyrrole nitrogens is 1. The zero-order valence-corrected chi connectivity index (χ0v) is 14.3. The van der Waals surface area contributed by atoms with Crippen LogP contribution in [0.25, 0.3) is 10.9 Å². The Morgan fingerprint density at radius 1 is 1.11 bits per heavy atom. The van der Waals surface area contributed by atoms with E-state index in [2.05, 4.69) is 10.3 Å². The highest BCUT2D eigenvalue weighted by Crippen LogP contribution is 2.30. The Bertz CT molecular complexity index is 995. The molecule has 1 aromatic heterocycles. The number of aromatic nitrogens is 1. The summed E-state index contributed by atoms with van der Waals surface area (Å²) >= 11 is 0. The normalized spacial score (nSPS) is 11.4. The number of amides is 2. The van der Waals surface area contributed by atoms with Crippen molar-refractivity contribution in [2.24, 2.45) is 0 Å². The molecule has 27 heavy (non-hydrogen) atoms. The van der Waals surface area contributed by atoms with Crippen molar-refractivity contribution in [3.05, 3.63) is 65.9 Å². The van der Waals surface area contributed by atoms with Crippen LogP contribution in [0.4, 0.5) is 18.9 Å². The molecule has 0 saturated heterocycles. The van der Waals surface area contributed by atoms with E-state index in [1.165, 1.54) is 24.1 Å². The number of halogens is 3. The van der Waals surface area contributed by atoms with Crippen LogP contribution in [0.5, 0.6) is 0 Å². The molecular formula is C19H16F3N3O2. The summed E-state index contributed by atoms with van der Waals surface area (Å²) in [7, 11) is 1.45. The fourth-order valence-electron chi connectivity index (χ4n) is 2.72. The van der Waals surface area contributed by atoms with Gasteiger partial charge in [-0.05, 0) is 24.3 Å². The van der Waals surface area contributed by atoms with Gasteiger partial charge in [0.2, 0.25) is 5.91 Å². The molecule has 0 spiro atoms. The first-order valence-electron chi connectivity index (χ1n) is 8.04. The standard InChI is InChI=1S/C19H16F3N3O2/c1-25(18(27)15-10-23-16-8-3-2-7-14(15)16)11-17(26)24-13-6-4-5-12(9-13)19(20,21)22/h2-10,23H,11H2,1H3,(H,24,26). The van der Waals surface area contributed by atoms with Crippen LogP contribution in [0, 0.1) is 0 Å². The second-order valence-electron chi connectivity index (χ2n) is 6.04. The van der Waals surface area contributed by atoms with Crippen molar-refractivity contribution in [2.45, 2.75) is 6.18 Å². The molecule has 140 valence electrons. The molecule has 2 amide bonds. The Morgan fingerprint density at radius 3 is 2.59 bits per heavy atom. The van der Waals surface area contributed by atoms with Crippen LogP contribution >= 0.6 is 0 Å². The fourth-order valence-corrected chi connectivity index (χ4v) is 2.72. The van der Waals surface area contributed by atoms with Gasteiger partial charge in [-0.3, -0.25) is 9.59 Å². The van der Waals surface area contributed by atoms with Crippen LogP contribution in [-0.2, 0) is 11.0 Å². The van der Waals surface area contributed by atoms with Gasteiger partial charge in [0.05, 0.1) is 17.7 Å². The van der Waals surface area contributed by atoms with Crippen LogP contribution in [0.15, 0.2) is 54.7 Å². The third kappa shape index (κ3) is 4.11. The highest BCUT2D eigenvalue weighted by atomic mass is 19.4. The number of alkyl halides is 3. The molecule has 0 fully saturated rings. The summed E-state index contributed by atoms with van der Waals surface area (Å²) in [6, 6.07) is 11.6. The highest BCUT2D eigenvalue weighted by Gasteiger charge is 2.30. The topological polar surface area (TPSA) is 65.2 Å². The number of likely N-dealkylation sites (N-methyl/N-ethyl adjacent to an activating group) is 1. The molecule has 2 N–H and O–H groups in total. The van der Waals surface area contributed by atoms with Gasteiger partial charge in [-0.25, -0.2) is 0 Å². The van der Waals surface area contributed by atoms with E-state index in [1.807, 2.05) is 12.1 Å². The number of carbonyl (C=O) groups excluding carboxylic acids is 2. The minimum atomic E-state index is -4.50. The van der Waals surface area contributed by atoms with E-state index in [0.29, 0.717) is 5.56 Å². The van der Waals surface area contributed by atoms with Crippen LogP contribution < -0.4 is 5.32 Å². The van der Waals surface area contributed by atoms with Crippen LogP contribution in [0.3, 0.4) is 0 Å². The number of carbonyl (C=O) groups is 2. The summed E-state index contributed by atoms with van der Waals surface area (Å²) in [5.41, 5.74) is 0.369. The molecule has 0 aliphatic carbocycles. The van der Waals surface area contributed by atoms with Gasteiger partial charge < -0.3 is 15.2 Å². The Kier molecular flexibility index (Phi) is 4.89. The van der Waals surface area contributed by atoms with Gasteiger partial charge >= 0.3 is 6.18 Å². The van der Waals surface area contributed by atoms with Gasteiger partial charge in [0.25, 0.3) is 5.91 Å². The van der Waals surface area contributed by atoms with Gasteiger partial charge in [0, 0.05) is 29.8 Å². The number of hydrogen-bond donors (Lipinski definition) is 2. The summed E-state index contributed by atoms with van der Waals surface area (Å²) in [6.45, 7) is -0.297. The smallest absolute Gasteiger partial charge is 0.360 e. The molecule has 5 nitrogen and oxygen atoms in total. The molecule has 0 aliphatic rings. The summed E-state index contributed by atoms with van der Waals surface area (Å²) in [6.07, 6.45) is -2.93. The molecule has 0 unspecified atom stereocenters. The lowest BCUT2D eigenvalue weighted by Gasteiger charge is -2.17. The number of rotatable bonds is 4. The third-order valence-corrected chi connectivity index (χ3v) is 4.02. The zero-order valence-electron chi connectivity index (χ0n) is 14.3. The molecule has 0 radical (unpaired) electrons. The molecule has 1 heterocycles. The molecule has 0 saturated carbocycles. The van der Waals surface area contributed by atoms with E-state index in [9.17, 15) is 22.8 Å². The van der Waals surface area contributed by atoms with Crippen LogP contribution in [-0.4, -0.2) is 35.3 Å². The molecule has 3 rings (SSSR count). The molecule has 3 aromatic rings. The average molecular weight is 375 g/mol. The number of fused-ring (bicyclic) bond motifs is 1. The van der Waals surface area contributed by atoms with Gasteiger partial charge in [0.1, 0.15) is 0 Å². The van der Waals surface area contributed by atoms with E-state index < -0.39 is 17.6 Å². The van der Waals surface area contributed by atoms with Crippen molar-refractivity contribution in [1.29, 1.82) is 0 Å². The minimum absolute atomic E-state index is 0.0165.